The Bertz CT molecular complexity index is 566. The summed E-state index contributed by atoms with van der Waals surface area (Å²) in [6.07, 6.45) is 2.83. The molecule has 0 radical (unpaired) electrons. The van der Waals surface area contributed by atoms with Crippen molar-refractivity contribution < 1.29 is 4.42 Å². The molecule has 0 saturated heterocycles. The zero-order chi connectivity index (χ0) is 15.5. The molecule has 0 spiro atoms. The van der Waals surface area contributed by atoms with Crippen LogP contribution < -0.4 is 5.32 Å². The minimum atomic E-state index is 0.159. The van der Waals surface area contributed by atoms with Crippen LogP contribution in [0.3, 0.4) is 0 Å². The summed E-state index contributed by atoms with van der Waals surface area (Å²) in [5.41, 5.74) is 3.94. The molecule has 3 heteroatoms. The van der Waals surface area contributed by atoms with Crippen molar-refractivity contribution in [2.75, 3.05) is 6.54 Å². The van der Waals surface area contributed by atoms with Gasteiger partial charge in [0.15, 0.2) is 4.67 Å². The quantitative estimate of drug-likeness (QED) is 0.778. The first-order valence-corrected chi connectivity index (χ1v) is 8.29. The molecule has 2 nitrogen and oxygen atoms in total. The van der Waals surface area contributed by atoms with Gasteiger partial charge in [0.05, 0.1) is 12.3 Å². The van der Waals surface area contributed by atoms with Gasteiger partial charge in [0, 0.05) is 5.56 Å². The molecule has 0 aliphatic carbocycles. The van der Waals surface area contributed by atoms with Gasteiger partial charge in [0.1, 0.15) is 0 Å². The smallest absolute Gasteiger partial charge is 0.174 e. The summed E-state index contributed by atoms with van der Waals surface area (Å²) in [6, 6.07) is 11.1. The molecule has 0 aliphatic rings. The predicted molar refractivity (Wildman–Crippen MR) is 91.7 cm³/mol. The number of furan rings is 1. The Labute approximate surface area is 136 Å². The molecule has 0 fully saturated rings. The van der Waals surface area contributed by atoms with Crippen molar-refractivity contribution >= 4 is 15.9 Å². The van der Waals surface area contributed by atoms with Crippen LogP contribution in [-0.4, -0.2) is 6.54 Å². The molecule has 1 unspecified atom stereocenters. The van der Waals surface area contributed by atoms with Gasteiger partial charge in [-0.1, -0.05) is 52.0 Å². The number of rotatable bonds is 5. The molecule has 0 aliphatic heterocycles. The Hall–Kier alpha value is -1.06. The largest absolute Gasteiger partial charge is 0.457 e. The molecular weight excluding hydrogens is 326 g/mol. The van der Waals surface area contributed by atoms with Crippen molar-refractivity contribution in [1.29, 1.82) is 0 Å². The van der Waals surface area contributed by atoms with Gasteiger partial charge >= 0.3 is 0 Å². The topological polar surface area (TPSA) is 25.2 Å². The van der Waals surface area contributed by atoms with Crippen molar-refractivity contribution in [1.82, 2.24) is 5.32 Å². The standard InChI is InChI=1S/C18H24BrNO/c1-5-11-20-16(15-10-12-21-17(15)19)13-6-8-14(9-7-13)18(2,3)4/h6-10,12,16,20H,5,11H2,1-4H3. The van der Waals surface area contributed by atoms with E-state index >= 15 is 0 Å². The van der Waals surface area contributed by atoms with Crippen LogP contribution in [0.2, 0.25) is 0 Å². The molecule has 1 heterocycles. The van der Waals surface area contributed by atoms with E-state index in [1.165, 1.54) is 11.1 Å². The van der Waals surface area contributed by atoms with Gasteiger partial charge < -0.3 is 9.73 Å². The highest BCUT2D eigenvalue weighted by atomic mass is 79.9. The fraction of sp³-hybridized carbons (Fsp3) is 0.444. The fourth-order valence-electron chi connectivity index (χ4n) is 2.38. The second-order valence-corrected chi connectivity index (χ2v) is 7.13. The highest BCUT2D eigenvalue weighted by Gasteiger charge is 2.19. The summed E-state index contributed by atoms with van der Waals surface area (Å²) in [4.78, 5) is 0. The van der Waals surface area contributed by atoms with Crippen LogP contribution in [0.15, 0.2) is 45.7 Å². The summed E-state index contributed by atoms with van der Waals surface area (Å²) >= 11 is 3.50. The third-order valence-corrected chi connectivity index (χ3v) is 4.31. The van der Waals surface area contributed by atoms with E-state index in [4.69, 9.17) is 4.42 Å². The van der Waals surface area contributed by atoms with Crippen LogP contribution in [0.25, 0.3) is 0 Å². The van der Waals surface area contributed by atoms with Crippen molar-refractivity contribution in [3.8, 4) is 0 Å². The summed E-state index contributed by atoms with van der Waals surface area (Å²) in [7, 11) is 0. The zero-order valence-corrected chi connectivity index (χ0v) is 14.8. The molecule has 0 saturated carbocycles. The van der Waals surface area contributed by atoms with Gasteiger partial charge in [0.2, 0.25) is 0 Å². The van der Waals surface area contributed by atoms with E-state index in [9.17, 15) is 0 Å². The first kappa shape index (κ1) is 16.3. The van der Waals surface area contributed by atoms with Crippen molar-refractivity contribution in [3.05, 3.63) is 58.0 Å². The van der Waals surface area contributed by atoms with Gasteiger partial charge in [-0.25, -0.2) is 0 Å². The SMILES string of the molecule is CCCNC(c1ccc(C(C)(C)C)cc1)c1ccoc1Br. The Morgan fingerprint density at radius 1 is 1.14 bits per heavy atom. The van der Waals surface area contributed by atoms with E-state index < -0.39 is 0 Å². The molecular formula is C18H24BrNO. The van der Waals surface area contributed by atoms with E-state index in [0.29, 0.717) is 0 Å². The summed E-state index contributed by atoms with van der Waals surface area (Å²) in [6.45, 7) is 9.87. The summed E-state index contributed by atoms with van der Waals surface area (Å²) in [5, 5.41) is 3.60. The van der Waals surface area contributed by atoms with E-state index in [-0.39, 0.29) is 11.5 Å². The molecule has 1 aromatic carbocycles. The van der Waals surface area contributed by atoms with E-state index in [0.717, 1.165) is 23.2 Å². The van der Waals surface area contributed by atoms with Crippen LogP contribution in [-0.2, 0) is 5.41 Å². The second-order valence-electron chi connectivity index (χ2n) is 6.41. The lowest BCUT2D eigenvalue weighted by Crippen LogP contribution is -2.23. The van der Waals surface area contributed by atoms with E-state index in [2.05, 4.69) is 73.2 Å². The minimum Gasteiger partial charge on any atom is -0.457 e. The van der Waals surface area contributed by atoms with Gasteiger partial charge in [-0.05, 0) is 51.5 Å². The molecule has 1 N–H and O–H groups in total. The van der Waals surface area contributed by atoms with Crippen LogP contribution in [0.5, 0.6) is 0 Å². The average molecular weight is 350 g/mol. The molecule has 21 heavy (non-hydrogen) atoms. The van der Waals surface area contributed by atoms with Crippen molar-refractivity contribution in [3.63, 3.8) is 0 Å². The Morgan fingerprint density at radius 3 is 2.29 bits per heavy atom. The number of nitrogens with one attached hydrogen (secondary N) is 1. The molecule has 1 atom stereocenters. The summed E-state index contributed by atoms with van der Waals surface area (Å²) in [5.74, 6) is 0. The van der Waals surface area contributed by atoms with Crippen molar-refractivity contribution in [2.45, 2.75) is 45.6 Å². The lowest BCUT2D eigenvalue weighted by molar-refractivity contribution is 0.523. The van der Waals surface area contributed by atoms with Gasteiger partial charge in [0.25, 0.3) is 0 Å². The lowest BCUT2D eigenvalue weighted by Gasteiger charge is -2.22. The normalized spacial score (nSPS) is 13.4. The van der Waals surface area contributed by atoms with E-state index in [1.54, 1.807) is 6.26 Å². The lowest BCUT2D eigenvalue weighted by atomic mass is 9.86. The van der Waals surface area contributed by atoms with Gasteiger partial charge in [-0.15, -0.1) is 0 Å². The first-order valence-electron chi connectivity index (χ1n) is 7.50. The molecule has 2 aromatic rings. The third-order valence-electron chi connectivity index (χ3n) is 3.67. The average Bonchev–Trinajstić information content (AvgIpc) is 2.85. The second kappa shape index (κ2) is 6.80. The molecule has 0 amide bonds. The Kier molecular flexibility index (Phi) is 5.28. The Morgan fingerprint density at radius 2 is 1.81 bits per heavy atom. The third kappa shape index (κ3) is 3.98. The fourth-order valence-corrected chi connectivity index (χ4v) is 2.85. The molecule has 2 rings (SSSR count). The van der Waals surface area contributed by atoms with Crippen LogP contribution >= 0.6 is 15.9 Å². The first-order chi connectivity index (χ1) is 9.93. The minimum absolute atomic E-state index is 0.159. The maximum atomic E-state index is 5.40. The Balaban J connectivity index is 2.31. The maximum Gasteiger partial charge on any atom is 0.174 e. The number of halogens is 1. The van der Waals surface area contributed by atoms with Crippen LogP contribution in [0, 0.1) is 0 Å². The zero-order valence-electron chi connectivity index (χ0n) is 13.2. The van der Waals surface area contributed by atoms with E-state index in [1.807, 2.05) is 6.07 Å². The molecule has 0 bridgehead atoms. The molecule has 1 aromatic heterocycles. The van der Waals surface area contributed by atoms with Crippen LogP contribution in [0.1, 0.15) is 56.8 Å². The highest BCUT2D eigenvalue weighted by molar-refractivity contribution is 9.10. The van der Waals surface area contributed by atoms with Gasteiger partial charge in [-0.2, -0.15) is 0 Å². The van der Waals surface area contributed by atoms with Crippen molar-refractivity contribution in [2.24, 2.45) is 0 Å². The molecule has 114 valence electrons. The number of hydrogen-bond acceptors (Lipinski definition) is 2. The monoisotopic (exact) mass is 349 g/mol. The highest BCUT2D eigenvalue weighted by Crippen LogP contribution is 2.31. The number of benzene rings is 1. The van der Waals surface area contributed by atoms with Gasteiger partial charge in [-0.3, -0.25) is 0 Å². The van der Waals surface area contributed by atoms with Crippen LogP contribution in [0.4, 0.5) is 0 Å². The summed E-state index contributed by atoms with van der Waals surface area (Å²) < 4.78 is 6.20. The predicted octanol–water partition coefficient (Wildman–Crippen LogP) is 5.43. The number of hydrogen-bond donors (Lipinski definition) is 1. The maximum absolute atomic E-state index is 5.40.